The first-order valence-electron chi connectivity index (χ1n) is 8.92. The van der Waals surface area contributed by atoms with Crippen LogP contribution in [0.15, 0.2) is 24.5 Å². The Kier molecular flexibility index (Phi) is 5.66. The van der Waals surface area contributed by atoms with Gasteiger partial charge in [0.25, 0.3) is 5.91 Å². The van der Waals surface area contributed by atoms with Crippen LogP contribution in [0.2, 0.25) is 0 Å². The van der Waals surface area contributed by atoms with Crippen LogP contribution in [0.4, 0.5) is 5.82 Å². The summed E-state index contributed by atoms with van der Waals surface area (Å²) >= 11 is 1.75. The van der Waals surface area contributed by atoms with Crippen molar-refractivity contribution in [3.05, 3.63) is 40.0 Å². The van der Waals surface area contributed by atoms with Gasteiger partial charge in [0.05, 0.1) is 5.01 Å². The highest BCUT2D eigenvalue weighted by Gasteiger charge is 2.26. The lowest BCUT2D eigenvalue weighted by Gasteiger charge is -2.31. The molecule has 0 aromatic carbocycles. The van der Waals surface area contributed by atoms with Gasteiger partial charge in [-0.05, 0) is 31.9 Å². The van der Waals surface area contributed by atoms with Gasteiger partial charge in [0, 0.05) is 47.8 Å². The highest BCUT2D eigenvalue weighted by molar-refractivity contribution is 7.11. The normalized spacial score (nSPS) is 15.3. The van der Waals surface area contributed by atoms with E-state index in [1.54, 1.807) is 29.7 Å². The van der Waals surface area contributed by atoms with Crippen LogP contribution >= 0.6 is 11.3 Å². The summed E-state index contributed by atoms with van der Waals surface area (Å²) in [5, 5.41) is 3.92. The summed E-state index contributed by atoms with van der Waals surface area (Å²) in [5.74, 6) is 0.603. The van der Waals surface area contributed by atoms with Crippen LogP contribution in [0.1, 0.15) is 52.8 Å². The lowest BCUT2D eigenvalue weighted by atomic mass is 9.97. The largest absolute Gasteiger partial charge is 0.339 e. The standard InChI is InChI=1S/C19H24N4O2S/c1-12(2)17(24)22-16-10-15(4-7-20-16)19(25)23-8-5-14(6-9-23)18-21-11-13(3)26-18/h4,7,10-12,14H,5-6,8-9H2,1-3H3,(H,20,22,24). The van der Waals surface area contributed by atoms with E-state index in [2.05, 4.69) is 22.2 Å². The maximum atomic E-state index is 12.8. The number of thiazole rings is 1. The number of anilines is 1. The van der Waals surface area contributed by atoms with E-state index in [1.165, 1.54) is 9.88 Å². The average molecular weight is 372 g/mol. The highest BCUT2D eigenvalue weighted by Crippen LogP contribution is 2.31. The Labute approximate surface area is 157 Å². The number of likely N-dealkylation sites (tertiary alicyclic amines) is 1. The maximum Gasteiger partial charge on any atom is 0.254 e. The van der Waals surface area contributed by atoms with Crippen molar-refractivity contribution >= 4 is 29.0 Å². The van der Waals surface area contributed by atoms with Gasteiger partial charge in [-0.3, -0.25) is 9.59 Å². The third kappa shape index (κ3) is 4.27. The summed E-state index contributed by atoms with van der Waals surface area (Å²) in [5.41, 5.74) is 0.558. The molecule has 1 saturated heterocycles. The van der Waals surface area contributed by atoms with Crippen LogP contribution in [-0.4, -0.2) is 39.8 Å². The van der Waals surface area contributed by atoms with E-state index < -0.39 is 0 Å². The number of carbonyl (C=O) groups excluding carboxylic acids is 2. The molecular weight excluding hydrogens is 348 g/mol. The van der Waals surface area contributed by atoms with E-state index in [0.29, 0.717) is 17.3 Å². The first-order valence-corrected chi connectivity index (χ1v) is 9.74. The number of piperidine rings is 1. The molecule has 2 amide bonds. The predicted molar refractivity (Wildman–Crippen MR) is 102 cm³/mol. The molecule has 26 heavy (non-hydrogen) atoms. The lowest BCUT2D eigenvalue weighted by molar-refractivity contribution is -0.118. The molecule has 138 valence electrons. The molecule has 1 fully saturated rings. The van der Waals surface area contributed by atoms with Crippen LogP contribution in [0, 0.1) is 12.8 Å². The summed E-state index contributed by atoms with van der Waals surface area (Å²) in [6, 6.07) is 3.35. The Morgan fingerprint density at radius 1 is 1.27 bits per heavy atom. The van der Waals surface area contributed by atoms with Crippen molar-refractivity contribution in [1.29, 1.82) is 0 Å². The molecule has 0 spiro atoms. The van der Waals surface area contributed by atoms with E-state index in [4.69, 9.17) is 0 Å². The Hall–Kier alpha value is -2.28. The van der Waals surface area contributed by atoms with Gasteiger partial charge in [-0.2, -0.15) is 0 Å². The lowest BCUT2D eigenvalue weighted by Crippen LogP contribution is -2.38. The number of amides is 2. The fraction of sp³-hybridized carbons (Fsp3) is 0.474. The molecule has 7 heteroatoms. The third-order valence-corrected chi connectivity index (χ3v) is 5.63. The molecule has 0 saturated carbocycles. The third-order valence-electron chi connectivity index (χ3n) is 4.55. The van der Waals surface area contributed by atoms with Crippen LogP contribution in [0.25, 0.3) is 0 Å². The zero-order valence-electron chi connectivity index (χ0n) is 15.4. The Morgan fingerprint density at radius 3 is 2.62 bits per heavy atom. The minimum atomic E-state index is -0.135. The molecular formula is C19H24N4O2S. The zero-order chi connectivity index (χ0) is 18.7. The minimum Gasteiger partial charge on any atom is -0.339 e. The van der Waals surface area contributed by atoms with Crippen LogP contribution in [0.3, 0.4) is 0 Å². The van der Waals surface area contributed by atoms with Gasteiger partial charge < -0.3 is 10.2 Å². The number of hydrogen-bond donors (Lipinski definition) is 1. The first kappa shape index (κ1) is 18.5. The molecule has 0 atom stereocenters. The van der Waals surface area contributed by atoms with E-state index in [1.807, 2.05) is 24.9 Å². The van der Waals surface area contributed by atoms with E-state index >= 15 is 0 Å². The Morgan fingerprint density at radius 2 is 2.00 bits per heavy atom. The second kappa shape index (κ2) is 7.95. The van der Waals surface area contributed by atoms with Crippen LogP contribution in [-0.2, 0) is 4.79 Å². The summed E-state index contributed by atoms with van der Waals surface area (Å²) in [6.07, 6.45) is 5.34. The molecule has 1 N–H and O–H groups in total. The van der Waals surface area contributed by atoms with Gasteiger partial charge in [0.1, 0.15) is 5.82 Å². The van der Waals surface area contributed by atoms with Crippen molar-refractivity contribution in [2.75, 3.05) is 18.4 Å². The SMILES string of the molecule is Cc1cnc(C2CCN(C(=O)c3ccnc(NC(=O)C(C)C)c3)CC2)s1. The van der Waals surface area contributed by atoms with Crippen molar-refractivity contribution in [2.45, 2.75) is 39.5 Å². The van der Waals surface area contributed by atoms with Gasteiger partial charge in [-0.1, -0.05) is 13.8 Å². The summed E-state index contributed by atoms with van der Waals surface area (Å²) in [6.45, 7) is 7.14. The summed E-state index contributed by atoms with van der Waals surface area (Å²) in [7, 11) is 0. The number of pyridine rings is 1. The molecule has 3 rings (SSSR count). The Bertz CT molecular complexity index is 794. The average Bonchev–Trinajstić information content (AvgIpc) is 3.08. The van der Waals surface area contributed by atoms with Crippen molar-refractivity contribution in [3.63, 3.8) is 0 Å². The molecule has 2 aromatic rings. The van der Waals surface area contributed by atoms with Gasteiger partial charge >= 0.3 is 0 Å². The molecule has 0 bridgehead atoms. The maximum absolute atomic E-state index is 12.8. The second-order valence-electron chi connectivity index (χ2n) is 6.95. The number of carbonyl (C=O) groups is 2. The molecule has 3 heterocycles. The van der Waals surface area contributed by atoms with Gasteiger partial charge in [-0.15, -0.1) is 11.3 Å². The number of aryl methyl sites for hydroxylation is 1. The van der Waals surface area contributed by atoms with Gasteiger partial charge in [0.2, 0.25) is 5.91 Å². The highest BCUT2D eigenvalue weighted by atomic mass is 32.1. The fourth-order valence-corrected chi connectivity index (χ4v) is 3.92. The monoisotopic (exact) mass is 372 g/mol. The molecule has 0 aliphatic carbocycles. The van der Waals surface area contributed by atoms with Crippen molar-refractivity contribution in [2.24, 2.45) is 5.92 Å². The molecule has 0 unspecified atom stereocenters. The number of aromatic nitrogens is 2. The van der Waals surface area contributed by atoms with Gasteiger partial charge in [0.15, 0.2) is 0 Å². The van der Waals surface area contributed by atoms with E-state index in [-0.39, 0.29) is 17.7 Å². The predicted octanol–water partition coefficient (Wildman–Crippen LogP) is 3.46. The summed E-state index contributed by atoms with van der Waals surface area (Å²) in [4.78, 5) is 36.3. The molecule has 6 nitrogen and oxygen atoms in total. The van der Waals surface area contributed by atoms with E-state index in [9.17, 15) is 9.59 Å². The van der Waals surface area contributed by atoms with E-state index in [0.717, 1.165) is 25.9 Å². The summed E-state index contributed by atoms with van der Waals surface area (Å²) < 4.78 is 0. The fourth-order valence-electron chi connectivity index (χ4n) is 2.98. The number of nitrogens with zero attached hydrogens (tertiary/aromatic N) is 3. The number of nitrogens with one attached hydrogen (secondary N) is 1. The van der Waals surface area contributed by atoms with Crippen LogP contribution in [0.5, 0.6) is 0 Å². The second-order valence-corrected chi connectivity index (χ2v) is 8.22. The number of rotatable bonds is 4. The molecule has 1 aliphatic heterocycles. The number of hydrogen-bond acceptors (Lipinski definition) is 5. The quantitative estimate of drug-likeness (QED) is 0.892. The van der Waals surface area contributed by atoms with Crippen molar-refractivity contribution < 1.29 is 9.59 Å². The molecule has 0 radical (unpaired) electrons. The molecule has 1 aliphatic rings. The molecule has 2 aromatic heterocycles. The van der Waals surface area contributed by atoms with Crippen molar-refractivity contribution in [3.8, 4) is 0 Å². The topological polar surface area (TPSA) is 75.2 Å². The zero-order valence-corrected chi connectivity index (χ0v) is 16.2. The van der Waals surface area contributed by atoms with Crippen LogP contribution < -0.4 is 5.32 Å². The first-order chi connectivity index (χ1) is 12.4. The minimum absolute atomic E-state index is 0.0128. The smallest absolute Gasteiger partial charge is 0.254 e. The van der Waals surface area contributed by atoms with Crippen molar-refractivity contribution in [1.82, 2.24) is 14.9 Å². The van der Waals surface area contributed by atoms with Gasteiger partial charge in [-0.25, -0.2) is 9.97 Å². The Balaban J connectivity index is 1.62.